The molecule has 158 valence electrons. The lowest BCUT2D eigenvalue weighted by Gasteiger charge is -2.35. The van der Waals surface area contributed by atoms with E-state index in [0.717, 1.165) is 65.2 Å². The summed E-state index contributed by atoms with van der Waals surface area (Å²) in [5.74, 6) is 1.83. The smallest absolute Gasteiger partial charge is 0.163 e. The van der Waals surface area contributed by atoms with Gasteiger partial charge in [0.2, 0.25) is 0 Å². The van der Waals surface area contributed by atoms with Gasteiger partial charge in [-0.15, -0.1) is 0 Å². The molecule has 2 aromatic carbocycles. The topological polar surface area (TPSA) is 37.2 Å². The van der Waals surface area contributed by atoms with Crippen molar-refractivity contribution in [1.82, 2.24) is 19.4 Å². The van der Waals surface area contributed by atoms with Crippen molar-refractivity contribution in [2.24, 2.45) is 0 Å². The normalized spacial score (nSPS) is 14.9. The van der Waals surface area contributed by atoms with Crippen LogP contribution in [0.2, 0.25) is 0 Å². The zero-order valence-electron chi connectivity index (χ0n) is 17.6. The first-order chi connectivity index (χ1) is 15.2. The van der Waals surface area contributed by atoms with Crippen LogP contribution in [0.1, 0.15) is 17.0 Å². The maximum absolute atomic E-state index is 5.73. The van der Waals surface area contributed by atoms with Gasteiger partial charge in [-0.25, -0.2) is 9.97 Å². The van der Waals surface area contributed by atoms with Gasteiger partial charge in [0.1, 0.15) is 10.5 Å². The van der Waals surface area contributed by atoms with E-state index in [1.165, 1.54) is 11.1 Å². The zero-order valence-corrected chi connectivity index (χ0v) is 19.2. The summed E-state index contributed by atoms with van der Waals surface area (Å²) in [6, 6.07) is 21.1. The summed E-state index contributed by atoms with van der Waals surface area (Å²) in [4.78, 5) is 14.5. The van der Waals surface area contributed by atoms with Crippen LogP contribution in [-0.2, 0) is 13.1 Å². The summed E-state index contributed by atoms with van der Waals surface area (Å²) in [6.45, 7) is 7.68. The molecule has 31 heavy (non-hydrogen) atoms. The molecule has 0 N–H and O–H groups in total. The van der Waals surface area contributed by atoms with Gasteiger partial charge in [-0.2, -0.15) is 0 Å². The molecular formula is C24H25N5S2. The Labute approximate surface area is 191 Å². The van der Waals surface area contributed by atoms with Gasteiger partial charge in [0, 0.05) is 32.7 Å². The van der Waals surface area contributed by atoms with Crippen molar-refractivity contribution in [3.8, 4) is 0 Å². The number of anilines is 1. The van der Waals surface area contributed by atoms with Crippen molar-refractivity contribution in [3.05, 3.63) is 81.6 Å². The van der Waals surface area contributed by atoms with Crippen molar-refractivity contribution >= 4 is 39.7 Å². The minimum absolute atomic E-state index is 0.737. The number of hydrogen-bond donors (Lipinski definition) is 0. The Morgan fingerprint density at radius 3 is 2.10 bits per heavy atom. The molecule has 0 atom stereocenters. The number of aryl methyl sites for hydroxylation is 1. The number of hydrogen-bond acceptors (Lipinski definition) is 6. The van der Waals surface area contributed by atoms with E-state index in [4.69, 9.17) is 22.2 Å². The quantitative estimate of drug-likeness (QED) is 0.407. The summed E-state index contributed by atoms with van der Waals surface area (Å²) in [7, 11) is 0. The van der Waals surface area contributed by atoms with Gasteiger partial charge >= 0.3 is 0 Å². The fourth-order valence-corrected chi connectivity index (χ4v) is 5.47. The van der Waals surface area contributed by atoms with Crippen LogP contribution < -0.4 is 4.90 Å². The number of aromatic nitrogens is 3. The number of nitrogens with zero attached hydrogens (tertiary/aromatic N) is 5. The fourth-order valence-electron chi connectivity index (χ4n) is 4.12. The molecule has 1 saturated heterocycles. The Hall–Kier alpha value is -2.61. The highest BCUT2D eigenvalue weighted by molar-refractivity contribution is 7.73. The molecule has 1 fully saturated rings. The van der Waals surface area contributed by atoms with Crippen LogP contribution in [0.15, 0.2) is 60.7 Å². The van der Waals surface area contributed by atoms with Gasteiger partial charge in [-0.3, -0.25) is 4.90 Å². The lowest BCUT2D eigenvalue weighted by atomic mass is 10.2. The van der Waals surface area contributed by atoms with Gasteiger partial charge < -0.3 is 9.47 Å². The Morgan fingerprint density at radius 1 is 0.839 bits per heavy atom. The van der Waals surface area contributed by atoms with Crippen molar-refractivity contribution in [3.63, 3.8) is 0 Å². The third-order valence-corrected chi connectivity index (χ3v) is 7.15. The minimum atomic E-state index is 0.737. The highest BCUT2D eigenvalue weighted by Gasteiger charge is 2.23. The first-order valence-corrected chi connectivity index (χ1v) is 11.8. The average molecular weight is 448 g/mol. The molecule has 0 unspecified atom stereocenters. The maximum atomic E-state index is 5.73. The van der Waals surface area contributed by atoms with Crippen LogP contribution in [0, 0.1) is 10.9 Å². The largest absolute Gasteiger partial charge is 0.353 e. The van der Waals surface area contributed by atoms with Crippen LogP contribution in [0.4, 0.5) is 5.82 Å². The Bertz CT molecular complexity index is 1230. The van der Waals surface area contributed by atoms with Crippen molar-refractivity contribution in [2.75, 3.05) is 31.1 Å². The highest BCUT2D eigenvalue weighted by atomic mass is 32.1. The third-order valence-electron chi connectivity index (χ3n) is 5.71. The molecule has 1 aliphatic rings. The molecule has 5 nitrogen and oxygen atoms in total. The van der Waals surface area contributed by atoms with Crippen LogP contribution in [0.5, 0.6) is 0 Å². The summed E-state index contributed by atoms with van der Waals surface area (Å²) in [5.41, 5.74) is 3.55. The van der Waals surface area contributed by atoms with Crippen LogP contribution in [0.3, 0.4) is 0 Å². The number of fused-ring (bicyclic) bond motifs is 1. The molecule has 2 aromatic heterocycles. The molecular weight excluding hydrogens is 422 g/mol. The van der Waals surface area contributed by atoms with E-state index >= 15 is 0 Å². The van der Waals surface area contributed by atoms with Gasteiger partial charge in [-0.1, -0.05) is 72.0 Å². The Morgan fingerprint density at radius 2 is 1.45 bits per heavy atom. The van der Waals surface area contributed by atoms with E-state index in [9.17, 15) is 0 Å². The van der Waals surface area contributed by atoms with E-state index in [1.807, 2.05) is 13.0 Å². The summed E-state index contributed by atoms with van der Waals surface area (Å²) in [6.07, 6.45) is 0. The second-order valence-corrected chi connectivity index (χ2v) is 9.58. The number of benzene rings is 2. The second-order valence-electron chi connectivity index (χ2n) is 7.94. The summed E-state index contributed by atoms with van der Waals surface area (Å²) >= 11 is 7.36. The zero-order chi connectivity index (χ0) is 21.2. The third kappa shape index (κ3) is 4.39. The van der Waals surface area contributed by atoms with E-state index in [0.29, 0.717) is 0 Å². The second kappa shape index (κ2) is 8.86. The lowest BCUT2D eigenvalue weighted by molar-refractivity contribution is 0.249. The van der Waals surface area contributed by atoms with Gasteiger partial charge in [0.15, 0.2) is 15.4 Å². The molecule has 3 heterocycles. The Balaban J connectivity index is 1.39. The van der Waals surface area contributed by atoms with Crippen molar-refractivity contribution in [2.45, 2.75) is 20.0 Å². The molecule has 0 amide bonds. The van der Waals surface area contributed by atoms with E-state index in [-0.39, 0.29) is 0 Å². The highest BCUT2D eigenvalue weighted by Crippen LogP contribution is 2.31. The van der Waals surface area contributed by atoms with Crippen molar-refractivity contribution < 1.29 is 0 Å². The predicted octanol–water partition coefficient (Wildman–Crippen LogP) is 4.90. The molecule has 7 heteroatoms. The molecule has 5 rings (SSSR count). The number of piperazine rings is 1. The molecule has 1 aliphatic heterocycles. The van der Waals surface area contributed by atoms with Crippen molar-refractivity contribution in [1.29, 1.82) is 0 Å². The van der Waals surface area contributed by atoms with Gasteiger partial charge in [-0.05, 0) is 30.3 Å². The standard InChI is InChI=1S/C24H25N5S2/c1-18-25-22(28-14-12-27(13-15-28)16-19-8-4-2-5-9-19)21-23(26-18)29(24(30)31-21)17-20-10-6-3-7-11-20/h2-11H,12-17H2,1H3. The number of rotatable bonds is 5. The summed E-state index contributed by atoms with van der Waals surface area (Å²) < 4.78 is 4.10. The maximum Gasteiger partial charge on any atom is 0.163 e. The molecule has 0 radical (unpaired) electrons. The molecule has 0 bridgehead atoms. The van der Waals surface area contributed by atoms with Gasteiger partial charge in [0.05, 0.1) is 6.54 Å². The van der Waals surface area contributed by atoms with E-state index in [2.05, 4.69) is 69.0 Å². The SMILES string of the molecule is Cc1nc(N2CCN(Cc3ccccc3)CC2)c2sc(=S)n(Cc3ccccc3)c2n1. The molecule has 0 spiro atoms. The fraction of sp³-hybridized carbons (Fsp3) is 0.292. The van der Waals surface area contributed by atoms with E-state index < -0.39 is 0 Å². The predicted molar refractivity (Wildman–Crippen MR) is 130 cm³/mol. The lowest BCUT2D eigenvalue weighted by Crippen LogP contribution is -2.46. The van der Waals surface area contributed by atoms with E-state index in [1.54, 1.807) is 11.3 Å². The number of thiazole rings is 1. The van der Waals surface area contributed by atoms with Crippen LogP contribution in [0.25, 0.3) is 10.3 Å². The summed E-state index contributed by atoms with van der Waals surface area (Å²) in [5, 5.41) is 0. The molecule has 4 aromatic rings. The molecule has 0 aliphatic carbocycles. The van der Waals surface area contributed by atoms with Gasteiger partial charge in [0.25, 0.3) is 0 Å². The molecule has 0 saturated carbocycles. The average Bonchev–Trinajstić information content (AvgIpc) is 3.10. The first-order valence-electron chi connectivity index (χ1n) is 10.6. The monoisotopic (exact) mass is 447 g/mol. The van der Waals surface area contributed by atoms with Crippen LogP contribution in [-0.4, -0.2) is 45.6 Å². The Kier molecular flexibility index (Phi) is 5.80. The first kappa shape index (κ1) is 20.3. The van der Waals surface area contributed by atoms with Crippen LogP contribution >= 0.6 is 23.6 Å². The minimum Gasteiger partial charge on any atom is -0.353 e.